The summed E-state index contributed by atoms with van der Waals surface area (Å²) in [5.74, 6) is 1.51. The molecule has 1 heterocycles. The molecule has 1 amide bonds. The molecule has 2 aliphatic carbocycles. The standard InChI is InChI=1S/C23H42N2O4S/c1-17(2)19-11-13-20(14-12-19)29-16-23-22(10-7-15-25(23)18(3)26)24-30(27,28)21-8-5-4-6-9-21/h17,19-24H,4-16H2,1-3H3/t19?,20?,22-,23-/m0/s1. The van der Waals surface area contributed by atoms with Gasteiger partial charge in [0.05, 0.1) is 24.0 Å². The number of ether oxygens (including phenoxy) is 1. The van der Waals surface area contributed by atoms with Gasteiger partial charge in [-0.15, -0.1) is 0 Å². The van der Waals surface area contributed by atoms with Gasteiger partial charge in [-0.1, -0.05) is 33.1 Å². The third kappa shape index (κ3) is 6.19. The van der Waals surface area contributed by atoms with Crippen molar-refractivity contribution >= 4 is 15.9 Å². The zero-order chi connectivity index (χ0) is 21.7. The van der Waals surface area contributed by atoms with E-state index in [4.69, 9.17) is 4.74 Å². The molecule has 1 N–H and O–H groups in total. The topological polar surface area (TPSA) is 75.7 Å². The van der Waals surface area contributed by atoms with E-state index in [1.165, 1.54) is 12.8 Å². The lowest BCUT2D eigenvalue weighted by Crippen LogP contribution is -2.59. The molecule has 0 aromatic rings. The van der Waals surface area contributed by atoms with Gasteiger partial charge >= 0.3 is 0 Å². The van der Waals surface area contributed by atoms with Crippen molar-refractivity contribution in [3.63, 3.8) is 0 Å². The van der Waals surface area contributed by atoms with Crippen molar-refractivity contribution in [1.29, 1.82) is 0 Å². The van der Waals surface area contributed by atoms with Crippen molar-refractivity contribution < 1.29 is 17.9 Å². The van der Waals surface area contributed by atoms with Crippen molar-refractivity contribution in [3.05, 3.63) is 0 Å². The fourth-order valence-electron chi connectivity index (χ4n) is 5.63. The van der Waals surface area contributed by atoms with Gasteiger partial charge in [-0.25, -0.2) is 13.1 Å². The molecule has 7 heteroatoms. The predicted octanol–water partition coefficient (Wildman–Crippen LogP) is 3.85. The molecule has 3 rings (SSSR count). The van der Waals surface area contributed by atoms with E-state index in [0.717, 1.165) is 69.6 Å². The number of piperidine rings is 1. The van der Waals surface area contributed by atoms with Gasteiger partial charge in [-0.05, 0) is 63.2 Å². The van der Waals surface area contributed by atoms with Crippen LogP contribution in [-0.2, 0) is 19.6 Å². The van der Waals surface area contributed by atoms with Gasteiger partial charge in [0.2, 0.25) is 15.9 Å². The average Bonchev–Trinajstić information content (AvgIpc) is 2.73. The van der Waals surface area contributed by atoms with Crippen LogP contribution in [0, 0.1) is 11.8 Å². The summed E-state index contributed by atoms with van der Waals surface area (Å²) in [5.41, 5.74) is 0. The second-order valence-corrected chi connectivity index (χ2v) is 12.1. The van der Waals surface area contributed by atoms with Crippen LogP contribution in [0.4, 0.5) is 0 Å². The lowest BCUT2D eigenvalue weighted by atomic mass is 9.80. The average molecular weight is 443 g/mol. The monoisotopic (exact) mass is 442 g/mol. The zero-order valence-electron chi connectivity index (χ0n) is 19.1. The third-order valence-electron chi connectivity index (χ3n) is 7.65. The number of nitrogens with zero attached hydrogens (tertiary/aromatic N) is 1. The van der Waals surface area contributed by atoms with Crippen LogP contribution in [0.25, 0.3) is 0 Å². The zero-order valence-corrected chi connectivity index (χ0v) is 20.0. The maximum Gasteiger partial charge on any atom is 0.219 e. The molecular weight excluding hydrogens is 400 g/mol. The Morgan fingerprint density at radius 3 is 2.27 bits per heavy atom. The Morgan fingerprint density at radius 1 is 1.00 bits per heavy atom. The minimum Gasteiger partial charge on any atom is -0.376 e. The summed E-state index contributed by atoms with van der Waals surface area (Å²) in [6.45, 7) is 7.28. The van der Waals surface area contributed by atoms with Crippen molar-refractivity contribution in [1.82, 2.24) is 9.62 Å². The quantitative estimate of drug-likeness (QED) is 0.650. The summed E-state index contributed by atoms with van der Waals surface area (Å²) in [6.07, 6.45) is 10.9. The Labute approximate surface area is 183 Å². The maximum absolute atomic E-state index is 13.0. The van der Waals surface area contributed by atoms with Crippen LogP contribution >= 0.6 is 0 Å². The molecule has 0 bridgehead atoms. The molecule has 174 valence electrons. The number of rotatable bonds is 7. The summed E-state index contributed by atoms with van der Waals surface area (Å²) in [7, 11) is -3.37. The minimum atomic E-state index is -3.37. The fraction of sp³-hybridized carbons (Fsp3) is 0.957. The number of amides is 1. The van der Waals surface area contributed by atoms with E-state index in [2.05, 4.69) is 18.6 Å². The highest BCUT2D eigenvalue weighted by atomic mass is 32.2. The molecular formula is C23H42N2O4S. The van der Waals surface area contributed by atoms with E-state index >= 15 is 0 Å². The van der Waals surface area contributed by atoms with E-state index in [1.54, 1.807) is 6.92 Å². The largest absolute Gasteiger partial charge is 0.376 e. The lowest BCUT2D eigenvalue weighted by Gasteiger charge is -2.42. The molecule has 3 fully saturated rings. The summed E-state index contributed by atoms with van der Waals surface area (Å²) in [4.78, 5) is 14.1. The van der Waals surface area contributed by atoms with E-state index in [1.807, 2.05) is 4.90 Å². The Morgan fingerprint density at radius 2 is 1.67 bits per heavy atom. The molecule has 0 radical (unpaired) electrons. The van der Waals surface area contributed by atoms with Crippen molar-refractivity contribution in [2.24, 2.45) is 11.8 Å². The molecule has 1 saturated heterocycles. The molecule has 30 heavy (non-hydrogen) atoms. The van der Waals surface area contributed by atoms with Gasteiger partial charge in [0.1, 0.15) is 0 Å². The van der Waals surface area contributed by atoms with Crippen LogP contribution < -0.4 is 4.72 Å². The van der Waals surface area contributed by atoms with E-state index in [-0.39, 0.29) is 29.3 Å². The molecule has 3 aliphatic rings. The van der Waals surface area contributed by atoms with Gasteiger partial charge in [0.25, 0.3) is 0 Å². The number of carbonyl (C=O) groups is 1. The van der Waals surface area contributed by atoms with Crippen LogP contribution in [0.5, 0.6) is 0 Å². The van der Waals surface area contributed by atoms with Crippen molar-refractivity contribution in [2.75, 3.05) is 13.2 Å². The van der Waals surface area contributed by atoms with Crippen LogP contribution in [0.15, 0.2) is 0 Å². The van der Waals surface area contributed by atoms with Gasteiger partial charge in [0, 0.05) is 19.5 Å². The summed E-state index contributed by atoms with van der Waals surface area (Å²) in [5, 5.41) is -0.285. The van der Waals surface area contributed by atoms with Gasteiger partial charge in [-0.2, -0.15) is 0 Å². The predicted molar refractivity (Wildman–Crippen MR) is 120 cm³/mol. The summed E-state index contributed by atoms with van der Waals surface area (Å²) in [6, 6.07) is -0.459. The van der Waals surface area contributed by atoms with Gasteiger partial charge in [0.15, 0.2) is 0 Å². The second kappa shape index (κ2) is 10.8. The van der Waals surface area contributed by atoms with Crippen LogP contribution in [0.2, 0.25) is 0 Å². The first-order valence-corrected chi connectivity index (χ1v) is 13.7. The molecule has 1 aliphatic heterocycles. The van der Waals surface area contributed by atoms with Crippen LogP contribution in [-0.4, -0.2) is 55.8 Å². The Balaban J connectivity index is 1.62. The highest BCUT2D eigenvalue weighted by molar-refractivity contribution is 7.90. The first-order valence-electron chi connectivity index (χ1n) is 12.2. The first-order chi connectivity index (χ1) is 14.3. The molecule has 0 aromatic carbocycles. The molecule has 2 saturated carbocycles. The molecule has 0 aromatic heterocycles. The number of likely N-dealkylation sites (tertiary alicyclic amines) is 1. The number of carbonyl (C=O) groups excluding carboxylic acids is 1. The minimum absolute atomic E-state index is 0.00804. The highest BCUT2D eigenvalue weighted by Gasteiger charge is 2.38. The molecule has 0 unspecified atom stereocenters. The fourth-order valence-corrected chi connectivity index (χ4v) is 7.47. The lowest BCUT2D eigenvalue weighted by molar-refractivity contribution is -0.136. The van der Waals surface area contributed by atoms with Crippen LogP contribution in [0.1, 0.15) is 91.4 Å². The SMILES string of the molecule is CC(=O)N1CCC[C@H](NS(=O)(=O)C2CCCCC2)[C@@H]1COC1CCC(C(C)C)CC1. The highest BCUT2D eigenvalue weighted by Crippen LogP contribution is 2.32. The Hall–Kier alpha value is -0.660. The second-order valence-electron chi connectivity index (χ2n) is 10.1. The van der Waals surface area contributed by atoms with E-state index in [9.17, 15) is 13.2 Å². The summed E-state index contributed by atoms with van der Waals surface area (Å²) < 4.78 is 35.4. The van der Waals surface area contributed by atoms with Crippen molar-refractivity contribution in [2.45, 2.75) is 115 Å². The Bertz CT molecular complexity index is 652. The summed E-state index contributed by atoms with van der Waals surface area (Å²) >= 11 is 0. The normalized spacial score (nSPS) is 31.8. The van der Waals surface area contributed by atoms with Gasteiger partial charge in [-0.3, -0.25) is 4.79 Å². The molecule has 2 atom stereocenters. The van der Waals surface area contributed by atoms with E-state index in [0.29, 0.717) is 13.2 Å². The van der Waals surface area contributed by atoms with E-state index < -0.39 is 10.0 Å². The Kier molecular flexibility index (Phi) is 8.62. The number of hydrogen-bond acceptors (Lipinski definition) is 4. The molecule has 0 spiro atoms. The maximum atomic E-state index is 13.0. The molecule has 6 nitrogen and oxygen atoms in total. The third-order valence-corrected chi connectivity index (χ3v) is 9.63. The number of sulfonamides is 1. The number of hydrogen-bond donors (Lipinski definition) is 1. The first kappa shape index (κ1) is 24.0. The van der Waals surface area contributed by atoms with Gasteiger partial charge < -0.3 is 9.64 Å². The van der Waals surface area contributed by atoms with Crippen LogP contribution in [0.3, 0.4) is 0 Å². The van der Waals surface area contributed by atoms with Crippen molar-refractivity contribution in [3.8, 4) is 0 Å². The number of nitrogens with one attached hydrogen (secondary N) is 1. The smallest absolute Gasteiger partial charge is 0.219 e.